The Bertz CT molecular complexity index is 638. The highest BCUT2D eigenvalue weighted by Crippen LogP contribution is 2.20. The van der Waals surface area contributed by atoms with Gasteiger partial charge in [-0.05, 0) is 12.1 Å². The third-order valence-corrected chi connectivity index (χ3v) is 2.72. The van der Waals surface area contributed by atoms with E-state index < -0.39 is 0 Å². The number of nitrogens with one attached hydrogen (secondary N) is 1. The molecule has 0 aliphatic rings. The quantitative estimate of drug-likeness (QED) is 0.726. The van der Waals surface area contributed by atoms with E-state index in [1.165, 1.54) is 0 Å². The largest absolute Gasteiger partial charge is 0.325 e. The van der Waals surface area contributed by atoms with Gasteiger partial charge < -0.3 is 5.73 Å². The van der Waals surface area contributed by atoms with E-state index >= 15 is 0 Å². The Morgan fingerprint density at radius 3 is 2.94 bits per heavy atom. The van der Waals surface area contributed by atoms with Crippen molar-refractivity contribution in [1.82, 2.24) is 19.6 Å². The number of benzene rings is 1. The van der Waals surface area contributed by atoms with Gasteiger partial charge >= 0.3 is 0 Å². The number of fused-ring (bicyclic) bond motifs is 1. The van der Waals surface area contributed by atoms with E-state index in [-0.39, 0.29) is 0 Å². The summed E-state index contributed by atoms with van der Waals surface area (Å²) in [6, 6.07) is 7.50. The summed E-state index contributed by atoms with van der Waals surface area (Å²) in [5.74, 6) is 1.35. The van der Waals surface area contributed by atoms with Gasteiger partial charge in [-0.2, -0.15) is 4.98 Å². The van der Waals surface area contributed by atoms with Crippen molar-refractivity contribution in [2.24, 2.45) is 5.73 Å². The average Bonchev–Trinajstić information content (AvgIpc) is 2.86. The first kappa shape index (κ1) is 10.3. The monoisotopic (exact) mass is 247 g/mol. The third-order valence-electron chi connectivity index (χ3n) is 2.48. The molecule has 17 heavy (non-hydrogen) atoms. The normalized spacial score (nSPS) is 11.2. The Labute approximate surface area is 102 Å². The van der Waals surface area contributed by atoms with Gasteiger partial charge in [0.15, 0.2) is 5.82 Å². The molecule has 3 N–H and O–H groups in total. The molecule has 3 rings (SSSR count). The van der Waals surface area contributed by atoms with Gasteiger partial charge in [-0.25, -0.2) is 9.50 Å². The summed E-state index contributed by atoms with van der Waals surface area (Å²) >= 11 is 5.93. The molecule has 86 valence electrons. The number of hydrogen-bond acceptors (Lipinski definition) is 3. The summed E-state index contributed by atoms with van der Waals surface area (Å²) in [5, 5.41) is 3.80. The first-order valence-corrected chi connectivity index (χ1v) is 5.54. The van der Waals surface area contributed by atoms with Gasteiger partial charge in [0, 0.05) is 17.1 Å². The molecule has 0 fully saturated rings. The highest BCUT2D eigenvalue weighted by molar-refractivity contribution is 6.30. The second-order valence-corrected chi connectivity index (χ2v) is 4.13. The van der Waals surface area contributed by atoms with E-state index in [9.17, 15) is 0 Å². The average molecular weight is 248 g/mol. The predicted octanol–water partition coefficient (Wildman–Crippen LogP) is 1.84. The van der Waals surface area contributed by atoms with E-state index in [0.717, 1.165) is 17.1 Å². The van der Waals surface area contributed by atoms with Crippen LogP contribution in [0.1, 0.15) is 5.69 Å². The fraction of sp³-hybridized carbons (Fsp3) is 0.0909. The van der Waals surface area contributed by atoms with Crippen LogP contribution < -0.4 is 5.73 Å². The van der Waals surface area contributed by atoms with Crippen molar-refractivity contribution in [3.63, 3.8) is 0 Å². The fourth-order valence-electron chi connectivity index (χ4n) is 1.68. The van der Waals surface area contributed by atoms with E-state index in [2.05, 4.69) is 15.1 Å². The van der Waals surface area contributed by atoms with Crippen LogP contribution in [0.15, 0.2) is 30.5 Å². The highest BCUT2D eigenvalue weighted by atomic mass is 35.5. The number of nitrogens with two attached hydrogens (primary N) is 1. The van der Waals surface area contributed by atoms with Gasteiger partial charge in [-0.3, -0.25) is 5.10 Å². The van der Waals surface area contributed by atoms with Crippen LogP contribution in [0.5, 0.6) is 0 Å². The second kappa shape index (κ2) is 3.87. The van der Waals surface area contributed by atoms with Gasteiger partial charge in [0.1, 0.15) is 0 Å². The number of aromatic amines is 1. The summed E-state index contributed by atoms with van der Waals surface area (Å²) < 4.78 is 1.75. The lowest BCUT2D eigenvalue weighted by atomic mass is 10.2. The first-order valence-electron chi connectivity index (χ1n) is 5.16. The Morgan fingerprint density at radius 2 is 2.24 bits per heavy atom. The number of nitrogens with zero attached hydrogens (tertiary/aromatic N) is 3. The summed E-state index contributed by atoms with van der Waals surface area (Å²) in [7, 11) is 0. The van der Waals surface area contributed by atoms with Crippen molar-refractivity contribution in [2.45, 2.75) is 6.54 Å². The molecule has 2 aromatic heterocycles. The van der Waals surface area contributed by atoms with Crippen LogP contribution in [-0.4, -0.2) is 19.6 Å². The minimum Gasteiger partial charge on any atom is -0.325 e. The van der Waals surface area contributed by atoms with Crippen molar-refractivity contribution in [1.29, 1.82) is 0 Å². The molecule has 0 spiro atoms. The Hall–Kier alpha value is -1.85. The van der Waals surface area contributed by atoms with Crippen LogP contribution >= 0.6 is 11.6 Å². The minimum absolute atomic E-state index is 0.406. The summed E-state index contributed by atoms with van der Waals surface area (Å²) in [4.78, 5) is 8.64. The number of halogens is 1. The Kier molecular flexibility index (Phi) is 2.35. The number of imidazole rings is 1. The van der Waals surface area contributed by atoms with Crippen LogP contribution in [0.25, 0.3) is 17.2 Å². The Morgan fingerprint density at radius 1 is 1.35 bits per heavy atom. The molecule has 0 amide bonds. The molecule has 2 heterocycles. The third kappa shape index (κ3) is 1.79. The number of rotatable bonds is 2. The smallest absolute Gasteiger partial charge is 0.251 e. The van der Waals surface area contributed by atoms with Crippen LogP contribution in [0.4, 0.5) is 0 Å². The second-order valence-electron chi connectivity index (χ2n) is 3.69. The lowest BCUT2D eigenvalue weighted by molar-refractivity contribution is 0.958. The molecular weight excluding hydrogens is 238 g/mol. The zero-order valence-electron chi connectivity index (χ0n) is 8.89. The maximum atomic E-state index is 5.93. The lowest BCUT2D eigenvalue weighted by Crippen LogP contribution is -1.96. The number of H-pyrrole nitrogens is 1. The van der Waals surface area contributed by atoms with Crippen molar-refractivity contribution in [3.05, 3.63) is 41.2 Å². The van der Waals surface area contributed by atoms with E-state index in [0.29, 0.717) is 17.3 Å². The van der Waals surface area contributed by atoms with Crippen LogP contribution in [-0.2, 0) is 6.54 Å². The minimum atomic E-state index is 0.406. The molecule has 6 heteroatoms. The SMILES string of the molecule is NCc1cn2[nH]c(-c3cccc(Cl)c3)nc2n1. The molecule has 5 nitrogen and oxygen atoms in total. The van der Waals surface area contributed by atoms with Gasteiger partial charge in [-0.1, -0.05) is 23.7 Å². The number of hydrogen-bond donors (Lipinski definition) is 2. The van der Waals surface area contributed by atoms with E-state index in [4.69, 9.17) is 17.3 Å². The summed E-state index contributed by atoms with van der Waals surface area (Å²) in [6.45, 7) is 0.406. The molecule has 0 atom stereocenters. The molecule has 0 saturated heterocycles. The molecule has 3 aromatic rings. The van der Waals surface area contributed by atoms with E-state index in [1.807, 2.05) is 30.5 Å². The van der Waals surface area contributed by atoms with Crippen molar-refractivity contribution >= 4 is 17.4 Å². The number of aromatic nitrogens is 4. The molecule has 0 radical (unpaired) electrons. The fourth-order valence-corrected chi connectivity index (χ4v) is 1.87. The maximum Gasteiger partial charge on any atom is 0.251 e. The van der Waals surface area contributed by atoms with Crippen molar-refractivity contribution in [3.8, 4) is 11.4 Å². The summed E-state index contributed by atoms with van der Waals surface area (Å²) in [6.07, 6.45) is 1.83. The zero-order chi connectivity index (χ0) is 11.8. The molecule has 0 bridgehead atoms. The molecule has 0 aliphatic heterocycles. The van der Waals surface area contributed by atoms with Gasteiger partial charge in [0.05, 0.1) is 11.9 Å². The summed E-state index contributed by atoms with van der Waals surface area (Å²) in [5.41, 5.74) is 7.24. The molecule has 0 saturated carbocycles. The lowest BCUT2D eigenvalue weighted by Gasteiger charge is -1.96. The first-order chi connectivity index (χ1) is 8.26. The predicted molar refractivity (Wildman–Crippen MR) is 65.7 cm³/mol. The van der Waals surface area contributed by atoms with E-state index in [1.54, 1.807) is 4.52 Å². The van der Waals surface area contributed by atoms with Crippen molar-refractivity contribution < 1.29 is 0 Å². The maximum absolute atomic E-state index is 5.93. The van der Waals surface area contributed by atoms with Crippen LogP contribution in [0, 0.1) is 0 Å². The van der Waals surface area contributed by atoms with Gasteiger partial charge in [-0.15, -0.1) is 0 Å². The molecule has 0 unspecified atom stereocenters. The van der Waals surface area contributed by atoms with Crippen molar-refractivity contribution in [2.75, 3.05) is 0 Å². The standard InChI is InChI=1S/C11H10ClN5/c12-8-3-1-2-7(4-8)10-15-11-14-9(5-13)6-17(11)16-10/h1-4,6H,5,13H2,(H,14,15,16). The van der Waals surface area contributed by atoms with Gasteiger partial charge in [0.25, 0.3) is 5.78 Å². The van der Waals surface area contributed by atoms with Gasteiger partial charge in [0.2, 0.25) is 0 Å². The zero-order valence-corrected chi connectivity index (χ0v) is 9.65. The molecule has 0 aliphatic carbocycles. The van der Waals surface area contributed by atoms with Crippen LogP contribution in [0.3, 0.4) is 0 Å². The van der Waals surface area contributed by atoms with Crippen LogP contribution in [0.2, 0.25) is 5.02 Å². The topological polar surface area (TPSA) is 72.0 Å². The molecule has 1 aromatic carbocycles. The Balaban J connectivity index is 2.09. The molecular formula is C11H10ClN5. The highest BCUT2D eigenvalue weighted by Gasteiger charge is 2.08.